The van der Waals surface area contributed by atoms with E-state index in [1.165, 1.54) is 0 Å². The summed E-state index contributed by atoms with van der Waals surface area (Å²) in [6.07, 6.45) is 0.860. The van der Waals surface area contributed by atoms with E-state index in [4.69, 9.17) is 15.2 Å². The van der Waals surface area contributed by atoms with E-state index in [-0.39, 0.29) is 11.6 Å². The Kier molecular flexibility index (Phi) is 4.97. The van der Waals surface area contributed by atoms with Gasteiger partial charge in [-0.05, 0) is 38.5 Å². The van der Waals surface area contributed by atoms with Gasteiger partial charge in [0.15, 0.2) is 0 Å². The number of methoxy groups -OCH3 is 1. The van der Waals surface area contributed by atoms with E-state index < -0.39 is 0 Å². The summed E-state index contributed by atoms with van der Waals surface area (Å²) in [6, 6.07) is 7.98. The molecule has 2 N–H and O–H groups in total. The Morgan fingerprint density at radius 1 is 1.24 bits per heavy atom. The van der Waals surface area contributed by atoms with Crippen LogP contribution >= 0.6 is 0 Å². The van der Waals surface area contributed by atoms with Crippen LogP contribution in [0.4, 0.5) is 0 Å². The fourth-order valence-corrected chi connectivity index (χ4v) is 1.38. The van der Waals surface area contributed by atoms with Crippen LogP contribution in [-0.4, -0.2) is 19.3 Å². The van der Waals surface area contributed by atoms with Gasteiger partial charge < -0.3 is 15.2 Å². The lowest BCUT2D eigenvalue weighted by atomic mass is 10.1. The van der Waals surface area contributed by atoms with Gasteiger partial charge in [-0.25, -0.2) is 0 Å². The Hall–Kier alpha value is -1.06. The van der Waals surface area contributed by atoms with E-state index in [1.807, 2.05) is 31.2 Å². The predicted molar refractivity (Wildman–Crippen MR) is 70.2 cm³/mol. The lowest BCUT2D eigenvalue weighted by Crippen LogP contribution is -2.25. The van der Waals surface area contributed by atoms with E-state index in [9.17, 15) is 0 Å². The predicted octanol–water partition coefficient (Wildman–Crippen LogP) is 2.90. The van der Waals surface area contributed by atoms with Crippen molar-refractivity contribution in [2.45, 2.75) is 38.8 Å². The summed E-state index contributed by atoms with van der Waals surface area (Å²) in [5, 5.41) is 0. The van der Waals surface area contributed by atoms with Gasteiger partial charge in [0.25, 0.3) is 0 Å². The van der Waals surface area contributed by atoms with Gasteiger partial charge in [-0.1, -0.05) is 12.1 Å². The van der Waals surface area contributed by atoms with Crippen LogP contribution in [0.25, 0.3) is 0 Å². The molecule has 1 unspecified atom stereocenters. The number of rotatable bonds is 6. The van der Waals surface area contributed by atoms with Crippen LogP contribution in [0.5, 0.6) is 5.75 Å². The molecule has 3 heteroatoms. The molecule has 0 amide bonds. The SMILES string of the molecule is COC(C)(C)CCOc1ccc(C(C)N)cc1. The molecule has 0 aliphatic carbocycles. The average molecular weight is 237 g/mol. The first-order chi connectivity index (χ1) is 7.94. The van der Waals surface area contributed by atoms with E-state index >= 15 is 0 Å². The highest BCUT2D eigenvalue weighted by molar-refractivity contribution is 5.28. The fourth-order valence-electron chi connectivity index (χ4n) is 1.38. The van der Waals surface area contributed by atoms with E-state index in [1.54, 1.807) is 7.11 Å². The van der Waals surface area contributed by atoms with Crippen molar-refractivity contribution in [3.05, 3.63) is 29.8 Å². The molecule has 0 radical (unpaired) electrons. The lowest BCUT2D eigenvalue weighted by molar-refractivity contribution is 0.00545. The first-order valence-corrected chi connectivity index (χ1v) is 5.98. The zero-order valence-corrected chi connectivity index (χ0v) is 11.2. The molecule has 0 spiro atoms. The number of hydrogen-bond acceptors (Lipinski definition) is 3. The van der Waals surface area contributed by atoms with Gasteiger partial charge in [0.1, 0.15) is 5.75 Å². The Bertz CT molecular complexity index is 331. The molecule has 1 aromatic carbocycles. The Morgan fingerprint density at radius 3 is 2.29 bits per heavy atom. The number of ether oxygens (including phenoxy) is 2. The molecule has 96 valence electrons. The van der Waals surface area contributed by atoms with E-state index in [0.717, 1.165) is 17.7 Å². The molecule has 1 rings (SSSR count). The van der Waals surface area contributed by atoms with Crippen LogP contribution in [0.1, 0.15) is 38.8 Å². The van der Waals surface area contributed by atoms with Crippen molar-refractivity contribution < 1.29 is 9.47 Å². The maximum absolute atomic E-state index is 5.78. The maximum Gasteiger partial charge on any atom is 0.119 e. The minimum absolute atomic E-state index is 0.0662. The average Bonchev–Trinajstić information content (AvgIpc) is 2.29. The molecule has 17 heavy (non-hydrogen) atoms. The zero-order valence-electron chi connectivity index (χ0n) is 11.2. The normalized spacial score (nSPS) is 13.5. The number of hydrogen-bond donors (Lipinski definition) is 1. The first-order valence-electron chi connectivity index (χ1n) is 5.98. The summed E-state index contributed by atoms with van der Waals surface area (Å²) < 4.78 is 11.0. The summed E-state index contributed by atoms with van der Waals surface area (Å²) in [5.41, 5.74) is 6.77. The molecule has 0 aliphatic rings. The Morgan fingerprint density at radius 2 is 1.82 bits per heavy atom. The third-order valence-electron chi connectivity index (χ3n) is 2.93. The first kappa shape index (κ1) is 14.0. The highest BCUT2D eigenvalue weighted by atomic mass is 16.5. The second kappa shape index (κ2) is 6.03. The van der Waals surface area contributed by atoms with Crippen LogP contribution in [0, 0.1) is 0 Å². The van der Waals surface area contributed by atoms with Crippen LogP contribution < -0.4 is 10.5 Å². The molecule has 0 heterocycles. The Balaban J connectivity index is 2.42. The molecule has 0 fully saturated rings. The minimum Gasteiger partial charge on any atom is -0.493 e. The smallest absolute Gasteiger partial charge is 0.119 e. The quantitative estimate of drug-likeness (QED) is 0.827. The second-order valence-corrected chi connectivity index (χ2v) is 4.92. The van der Waals surface area contributed by atoms with Gasteiger partial charge >= 0.3 is 0 Å². The van der Waals surface area contributed by atoms with Gasteiger partial charge in [-0.3, -0.25) is 0 Å². The van der Waals surface area contributed by atoms with E-state index in [2.05, 4.69) is 13.8 Å². The van der Waals surface area contributed by atoms with Crippen molar-refractivity contribution in [1.29, 1.82) is 0 Å². The van der Waals surface area contributed by atoms with Crippen LogP contribution in [0.15, 0.2) is 24.3 Å². The standard InChI is InChI=1S/C14H23NO2/c1-11(15)12-5-7-13(8-6-12)17-10-9-14(2,3)16-4/h5-8,11H,9-10,15H2,1-4H3. The largest absolute Gasteiger partial charge is 0.493 e. The third-order valence-corrected chi connectivity index (χ3v) is 2.93. The van der Waals surface area contributed by atoms with Crippen LogP contribution in [-0.2, 0) is 4.74 Å². The van der Waals surface area contributed by atoms with Gasteiger partial charge in [0.2, 0.25) is 0 Å². The molecule has 0 saturated carbocycles. The second-order valence-electron chi connectivity index (χ2n) is 4.92. The fraction of sp³-hybridized carbons (Fsp3) is 0.571. The van der Waals surface area contributed by atoms with Crippen molar-refractivity contribution in [2.24, 2.45) is 5.73 Å². The topological polar surface area (TPSA) is 44.5 Å². The van der Waals surface area contributed by atoms with Crippen LogP contribution in [0.2, 0.25) is 0 Å². The van der Waals surface area contributed by atoms with Gasteiger partial charge in [-0.2, -0.15) is 0 Å². The summed E-state index contributed by atoms with van der Waals surface area (Å²) in [5.74, 6) is 0.876. The molecular formula is C14H23NO2. The highest BCUT2D eigenvalue weighted by Crippen LogP contribution is 2.18. The van der Waals surface area contributed by atoms with Crippen LogP contribution in [0.3, 0.4) is 0 Å². The number of benzene rings is 1. The minimum atomic E-state index is -0.133. The van der Waals surface area contributed by atoms with Crippen molar-refractivity contribution in [2.75, 3.05) is 13.7 Å². The highest BCUT2D eigenvalue weighted by Gasteiger charge is 2.15. The van der Waals surface area contributed by atoms with Gasteiger partial charge in [-0.15, -0.1) is 0 Å². The summed E-state index contributed by atoms with van der Waals surface area (Å²) in [6.45, 7) is 6.72. The lowest BCUT2D eigenvalue weighted by Gasteiger charge is -2.22. The van der Waals surface area contributed by atoms with Crippen molar-refractivity contribution in [3.8, 4) is 5.75 Å². The molecule has 1 aromatic rings. The summed E-state index contributed by atoms with van der Waals surface area (Å²) in [7, 11) is 1.72. The molecule has 0 bridgehead atoms. The summed E-state index contributed by atoms with van der Waals surface area (Å²) >= 11 is 0. The molecule has 0 aromatic heterocycles. The maximum atomic E-state index is 5.78. The molecule has 0 saturated heterocycles. The number of nitrogens with two attached hydrogens (primary N) is 1. The molecule has 0 aliphatic heterocycles. The van der Waals surface area contributed by atoms with Gasteiger partial charge in [0.05, 0.1) is 12.2 Å². The Labute approximate surface area is 104 Å². The van der Waals surface area contributed by atoms with Crippen molar-refractivity contribution in [1.82, 2.24) is 0 Å². The van der Waals surface area contributed by atoms with E-state index in [0.29, 0.717) is 6.61 Å². The van der Waals surface area contributed by atoms with Crippen molar-refractivity contribution >= 4 is 0 Å². The molecule has 3 nitrogen and oxygen atoms in total. The van der Waals surface area contributed by atoms with Crippen molar-refractivity contribution in [3.63, 3.8) is 0 Å². The zero-order chi connectivity index (χ0) is 12.9. The molecular weight excluding hydrogens is 214 g/mol. The summed E-state index contributed by atoms with van der Waals surface area (Å²) in [4.78, 5) is 0. The van der Waals surface area contributed by atoms with Gasteiger partial charge in [0, 0.05) is 19.6 Å². The third kappa shape index (κ3) is 4.75. The molecule has 1 atom stereocenters. The monoisotopic (exact) mass is 237 g/mol.